The summed E-state index contributed by atoms with van der Waals surface area (Å²) in [5, 5.41) is 9.98. The lowest BCUT2D eigenvalue weighted by Gasteiger charge is -2.20. The average Bonchev–Trinajstić information content (AvgIpc) is 3.56. The van der Waals surface area contributed by atoms with E-state index >= 15 is 0 Å². The van der Waals surface area contributed by atoms with Gasteiger partial charge in [0, 0.05) is 0 Å². The molecule has 0 radical (unpaired) electrons. The van der Waals surface area contributed by atoms with E-state index in [9.17, 15) is 0 Å². The Hall–Kier alpha value is -6.31. The molecule has 1 aliphatic rings. The molecule has 49 heavy (non-hydrogen) atoms. The SMILES string of the molecule is c1ccc(C2C(c3ccc4c(-c5ccc6ccccc6c5)c5ccccc5c(-c5ccc6ccccc6c5)c4c3)=Nc3ccccc32)cc1. The Morgan fingerprint density at radius 2 is 0.857 bits per heavy atom. The highest BCUT2D eigenvalue weighted by molar-refractivity contribution is 6.24. The first-order valence-corrected chi connectivity index (χ1v) is 17.0. The number of hydrogen-bond acceptors (Lipinski definition) is 1. The Bertz CT molecular complexity index is 2770. The number of nitrogens with zero attached hydrogens (tertiary/aromatic N) is 1. The van der Waals surface area contributed by atoms with Gasteiger partial charge in [-0.1, -0.05) is 158 Å². The van der Waals surface area contributed by atoms with E-state index in [1.807, 2.05) is 0 Å². The van der Waals surface area contributed by atoms with E-state index in [4.69, 9.17) is 4.99 Å². The Balaban J connectivity index is 1.29. The van der Waals surface area contributed by atoms with Crippen molar-refractivity contribution in [3.8, 4) is 22.3 Å². The minimum atomic E-state index is 0.0689. The third-order valence-electron chi connectivity index (χ3n) is 10.3. The van der Waals surface area contributed by atoms with Crippen LogP contribution >= 0.6 is 0 Å². The first-order valence-electron chi connectivity index (χ1n) is 17.0. The maximum absolute atomic E-state index is 5.32. The summed E-state index contributed by atoms with van der Waals surface area (Å²) in [4.78, 5) is 5.32. The van der Waals surface area contributed by atoms with Gasteiger partial charge < -0.3 is 0 Å². The van der Waals surface area contributed by atoms with E-state index < -0.39 is 0 Å². The summed E-state index contributed by atoms with van der Waals surface area (Å²) in [5.41, 5.74) is 10.8. The molecule has 0 aromatic heterocycles. The fraction of sp³-hybridized carbons (Fsp3) is 0.0208. The number of aliphatic imine (C=N–C) groups is 1. The van der Waals surface area contributed by atoms with E-state index in [1.165, 1.54) is 76.5 Å². The summed E-state index contributed by atoms with van der Waals surface area (Å²) in [5.74, 6) is 0.0689. The molecule has 0 bridgehead atoms. The molecule has 1 heteroatoms. The lowest BCUT2D eigenvalue weighted by Crippen LogP contribution is -2.11. The van der Waals surface area contributed by atoms with Crippen LogP contribution in [0.5, 0.6) is 0 Å². The van der Waals surface area contributed by atoms with Gasteiger partial charge in [0.1, 0.15) is 0 Å². The second-order valence-corrected chi connectivity index (χ2v) is 13.1. The first-order chi connectivity index (χ1) is 24.3. The molecular weight excluding hydrogens is 591 g/mol. The molecule has 228 valence electrons. The predicted molar refractivity (Wildman–Crippen MR) is 208 cm³/mol. The highest BCUT2D eigenvalue weighted by Gasteiger charge is 2.30. The second-order valence-electron chi connectivity index (χ2n) is 13.1. The fourth-order valence-electron chi connectivity index (χ4n) is 8.04. The maximum atomic E-state index is 5.32. The molecule has 9 aromatic rings. The van der Waals surface area contributed by atoms with Crippen LogP contribution in [0.25, 0.3) is 65.3 Å². The average molecular weight is 622 g/mol. The summed E-state index contributed by atoms with van der Waals surface area (Å²) in [6.07, 6.45) is 0. The van der Waals surface area contributed by atoms with Crippen molar-refractivity contribution in [3.63, 3.8) is 0 Å². The molecule has 1 heterocycles. The molecule has 1 atom stereocenters. The highest BCUT2D eigenvalue weighted by Crippen LogP contribution is 2.47. The summed E-state index contributed by atoms with van der Waals surface area (Å²) < 4.78 is 0. The molecule has 1 aliphatic heterocycles. The van der Waals surface area contributed by atoms with Gasteiger partial charge >= 0.3 is 0 Å². The summed E-state index contributed by atoms with van der Waals surface area (Å²) in [6, 6.07) is 66.5. The zero-order valence-corrected chi connectivity index (χ0v) is 26.8. The summed E-state index contributed by atoms with van der Waals surface area (Å²) >= 11 is 0. The molecule has 10 rings (SSSR count). The van der Waals surface area contributed by atoms with Crippen LogP contribution in [0.15, 0.2) is 187 Å². The smallest absolute Gasteiger partial charge is 0.0675 e. The molecule has 0 saturated carbocycles. The lowest BCUT2D eigenvalue weighted by atomic mass is 9.82. The van der Waals surface area contributed by atoms with Crippen LogP contribution in [-0.4, -0.2) is 5.71 Å². The van der Waals surface area contributed by atoms with E-state index in [-0.39, 0.29) is 5.92 Å². The number of rotatable bonds is 4. The van der Waals surface area contributed by atoms with Crippen molar-refractivity contribution in [2.45, 2.75) is 5.92 Å². The van der Waals surface area contributed by atoms with E-state index in [1.54, 1.807) is 0 Å². The van der Waals surface area contributed by atoms with Crippen molar-refractivity contribution in [3.05, 3.63) is 199 Å². The second kappa shape index (κ2) is 11.1. The molecule has 9 aromatic carbocycles. The Morgan fingerprint density at radius 3 is 1.53 bits per heavy atom. The lowest BCUT2D eigenvalue weighted by molar-refractivity contribution is 1.11. The highest BCUT2D eigenvalue weighted by atomic mass is 14.8. The van der Waals surface area contributed by atoms with Gasteiger partial charge in [-0.05, 0) is 106 Å². The molecule has 1 nitrogen and oxygen atoms in total. The fourth-order valence-corrected chi connectivity index (χ4v) is 8.04. The molecule has 0 N–H and O–H groups in total. The van der Waals surface area contributed by atoms with Gasteiger partial charge in [0.05, 0.1) is 17.3 Å². The van der Waals surface area contributed by atoms with Crippen LogP contribution < -0.4 is 0 Å². The van der Waals surface area contributed by atoms with Crippen molar-refractivity contribution >= 4 is 54.5 Å². The molecule has 0 fully saturated rings. The number of fused-ring (bicyclic) bond motifs is 5. The Kier molecular flexibility index (Phi) is 6.32. The Morgan fingerprint density at radius 1 is 0.347 bits per heavy atom. The molecular formula is C48H31N. The predicted octanol–water partition coefficient (Wildman–Crippen LogP) is 12.9. The van der Waals surface area contributed by atoms with Gasteiger partial charge in [-0.3, -0.25) is 4.99 Å². The summed E-state index contributed by atoms with van der Waals surface area (Å²) in [6.45, 7) is 0. The van der Waals surface area contributed by atoms with E-state index in [0.29, 0.717) is 0 Å². The minimum Gasteiger partial charge on any atom is -0.252 e. The van der Waals surface area contributed by atoms with Gasteiger partial charge in [0.2, 0.25) is 0 Å². The third-order valence-corrected chi connectivity index (χ3v) is 10.3. The number of hydrogen-bond donors (Lipinski definition) is 0. The minimum absolute atomic E-state index is 0.0689. The van der Waals surface area contributed by atoms with Crippen molar-refractivity contribution in [1.82, 2.24) is 0 Å². The van der Waals surface area contributed by atoms with E-state index in [0.717, 1.165) is 17.0 Å². The van der Waals surface area contributed by atoms with Gasteiger partial charge in [-0.15, -0.1) is 0 Å². The molecule has 0 spiro atoms. The standard InChI is InChI=1S/C48H31N/c1-2-14-33(15-3-1)47-42-20-10-11-21-44(42)49-48(47)38-26-27-41-43(30-38)46(37-25-23-32-13-5-7-17-35(32)29-37)40-19-9-8-18-39(40)45(41)36-24-22-31-12-4-6-16-34(31)28-36/h1-30,47H. The van der Waals surface area contributed by atoms with Crippen LogP contribution in [0.2, 0.25) is 0 Å². The van der Waals surface area contributed by atoms with E-state index in [2.05, 4.69) is 182 Å². The normalized spacial score (nSPS) is 14.0. The number of benzene rings is 9. The van der Waals surface area contributed by atoms with Crippen molar-refractivity contribution in [1.29, 1.82) is 0 Å². The molecule has 0 amide bonds. The quantitative estimate of drug-likeness (QED) is 0.173. The van der Waals surface area contributed by atoms with Gasteiger partial charge in [0.15, 0.2) is 0 Å². The molecule has 0 saturated heterocycles. The monoisotopic (exact) mass is 621 g/mol. The maximum Gasteiger partial charge on any atom is 0.0675 e. The molecule has 0 aliphatic carbocycles. The van der Waals surface area contributed by atoms with Crippen molar-refractivity contribution in [2.75, 3.05) is 0 Å². The van der Waals surface area contributed by atoms with Crippen molar-refractivity contribution in [2.24, 2.45) is 4.99 Å². The zero-order valence-electron chi connectivity index (χ0n) is 26.8. The number of para-hydroxylation sites is 1. The Labute approximate surface area is 285 Å². The van der Waals surface area contributed by atoms with Crippen LogP contribution in [0, 0.1) is 0 Å². The van der Waals surface area contributed by atoms with Gasteiger partial charge in [-0.25, -0.2) is 0 Å². The molecule has 1 unspecified atom stereocenters. The van der Waals surface area contributed by atoms with Crippen LogP contribution in [0.3, 0.4) is 0 Å². The third kappa shape index (κ3) is 4.51. The van der Waals surface area contributed by atoms with Crippen LogP contribution in [0.1, 0.15) is 22.6 Å². The first kappa shape index (κ1) is 27.8. The largest absolute Gasteiger partial charge is 0.252 e. The van der Waals surface area contributed by atoms with Crippen LogP contribution in [0.4, 0.5) is 5.69 Å². The van der Waals surface area contributed by atoms with Gasteiger partial charge in [-0.2, -0.15) is 0 Å². The van der Waals surface area contributed by atoms with Gasteiger partial charge in [0.25, 0.3) is 0 Å². The van der Waals surface area contributed by atoms with Crippen molar-refractivity contribution < 1.29 is 0 Å². The summed E-state index contributed by atoms with van der Waals surface area (Å²) in [7, 11) is 0. The topological polar surface area (TPSA) is 12.4 Å². The zero-order chi connectivity index (χ0) is 32.3. The van der Waals surface area contributed by atoms with Crippen LogP contribution in [-0.2, 0) is 0 Å².